The van der Waals surface area contributed by atoms with Gasteiger partial charge in [-0.1, -0.05) is 53.5 Å². The van der Waals surface area contributed by atoms with Gasteiger partial charge in [0.25, 0.3) is 5.56 Å². The molecule has 9 heteroatoms. The molecule has 0 aliphatic heterocycles. The number of ether oxygens (including phenoxy) is 1. The maximum absolute atomic E-state index is 13.3. The highest BCUT2D eigenvalue weighted by Gasteiger charge is 2.14. The van der Waals surface area contributed by atoms with Gasteiger partial charge >= 0.3 is 5.97 Å². The highest BCUT2D eigenvalue weighted by atomic mass is 79.9. The quantitative estimate of drug-likeness (QED) is 0.279. The number of carbonyl (C=O) groups is 1. The second-order valence-corrected chi connectivity index (χ2v) is 9.47. The van der Waals surface area contributed by atoms with Crippen LogP contribution in [0.2, 0.25) is 5.02 Å². The fourth-order valence-corrected chi connectivity index (χ4v) is 3.97. The van der Waals surface area contributed by atoms with Crippen molar-refractivity contribution in [2.24, 2.45) is 5.10 Å². The topological polar surface area (TPSA) is 93.8 Å². The Hall–Kier alpha value is -3.49. The number of rotatable bonds is 7. The third kappa shape index (κ3) is 5.61. The summed E-state index contributed by atoms with van der Waals surface area (Å²) in [7, 11) is 0. The van der Waals surface area contributed by atoms with Crippen LogP contribution >= 0.6 is 27.5 Å². The van der Waals surface area contributed by atoms with Crippen LogP contribution in [0.4, 0.5) is 0 Å². The van der Waals surface area contributed by atoms with E-state index in [0.29, 0.717) is 33.1 Å². The molecule has 1 heterocycles. The molecule has 0 aliphatic carbocycles. The zero-order valence-corrected chi connectivity index (χ0v) is 21.2. The van der Waals surface area contributed by atoms with Gasteiger partial charge < -0.3 is 9.84 Å². The molecule has 0 fully saturated rings. The first-order valence-electron chi connectivity index (χ1n) is 10.7. The van der Waals surface area contributed by atoms with Crippen molar-refractivity contribution in [2.45, 2.75) is 26.4 Å². The van der Waals surface area contributed by atoms with Crippen molar-refractivity contribution in [3.63, 3.8) is 0 Å². The number of nitrogens with zero attached hydrogens (tertiary/aromatic N) is 3. The van der Waals surface area contributed by atoms with E-state index in [0.717, 1.165) is 10.0 Å². The fourth-order valence-electron chi connectivity index (χ4n) is 3.43. The predicted octanol–water partition coefficient (Wildman–Crippen LogP) is 6.10. The van der Waals surface area contributed by atoms with E-state index in [1.807, 2.05) is 19.9 Å². The summed E-state index contributed by atoms with van der Waals surface area (Å²) >= 11 is 9.62. The number of benzene rings is 3. The number of fused-ring (bicyclic) bond motifs is 1. The van der Waals surface area contributed by atoms with E-state index in [9.17, 15) is 9.59 Å². The monoisotopic (exact) mass is 553 g/mol. The number of carboxylic acids is 1. The molecule has 0 unspecified atom stereocenters. The van der Waals surface area contributed by atoms with Crippen molar-refractivity contribution >= 4 is 50.6 Å². The first-order chi connectivity index (χ1) is 16.7. The highest BCUT2D eigenvalue weighted by Crippen LogP contribution is 2.23. The molecule has 4 aromatic rings. The Bertz CT molecular complexity index is 1500. The molecule has 178 valence electrons. The summed E-state index contributed by atoms with van der Waals surface area (Å²) in [5, 5.41) is 14.5. The van der Waals surface area contributed by atoms with Gasteiger partial charge in [-0.3, -0.25) is 4.79 Å². The van der Waals surface area contributed by atoms with E-state index in [2.05, 4.69) is 26.0 Å². The minimum Gasteiger partial charge on any atom is -0.488 e. The highest BCUT2D eigenvalue weighted by molar-refractivity contribution is 9.10. The van der Waals surface area contributed by atoms with E-state index in [1.165, 1.54) is 23.0 Å². The summed E-state index contributed by atoms with van der Waals surface area (Å²) in [5.41, 5.74) is 1.91. The molecule has 0 saturated carbocycles. The molecule has 3 aromatic carbocycles. The summed E-state index contributed by atoms with van der Waals surface area (Å²) in [6.45, 7) is 4.11. The van der Waals surface area contributed by atoms with E-state index >= 15 is 0 Å². The third-order valence-corrected chi connectivity index (χ3v) is 5.96. The van der Waals surface area contributed by atoms with Crippen LogP contribution in [0.25, 0.3) is 10.9 Å². The number of hydrogen-bond donors (Lipinski definition) is 1. The molecule has 0 radical (unpaired) electrons. The molecule has 0 aliphatic rings. The Morgan fingerprint density at radius 3 is 2.60 bits per heavy atom. The lowest BCUT2D eigenvalue weighted by Crippen LogP contribution is -2.23. The SMILES string of the molecule is CC(C)c1nc2ccc(Br)cc2c(=O)n1N=Cc1cc(Cl)ccc1OCc1ccc(C(=O)O)cc1. The molecule has 0 amide bonds. The molecular formula is C26H21BrClN3O4. The molecular weight excluding hydrogens is 534 g/mol. The van der Waals surface area contributed by atoms with Crippen LogP contribution in [0, 0.1) is 0 Å². The van der Waals surface area contributed by atoms with Crippen LogP contribution in [-0.2, 0) is 6.61 Å². The standard InChI is InChI=1S/C26H21BrClN3O4/c1-15(2)24-30-22-9-7-19(27)12-21(22)25(32)31(24)29-13-18-11-20(28)8-10-23(18)35-14-16-3-5-17(6-4-16)26(33)34/h3-13,15H,14H2,1-2H3,(H,33,34). The van der Waals surface area contributed by atoms with E-state index < -0.39 is 5.97 Å². The normalized spacial score (nSPS) is 11.5. The number of aromatic nitrogens is 2. The number of carboxylic acid groups (broad SMARTS) is 1. The maximum Gasteiger partial charge on any atom is 0.335 e. The molecule has 0 bridgehead atoms. The summed E-state index contributed by atoms with van der Waals surface area (Å²) < 4.78 is 8.03. The Kier molecular flexibility index (Phi) is 7.33. The van der Waals surface area contributed by atoms with Crippen LogP contribution in [0.15, 0.2) is 75.0 Å². The largest absolute Gasteiger partial charge is 0.488 e. The van der Waals surface area contributed by atoms with E-state index in [-0.39, 0.29) is 23.6 Å². The van der Waals surface area contributed by atoms with Crippen molar-refractivity contribution in [3.05, 3.63) is 103 Å². The molecule has 0 saturated heterocycles. The van der Waals surface area contributed by atoms with Crippen LogP contribution < -0.4 is 10.3 Å². The number of halogens is 2. The maximum atomic E-state index is 13.3. The molecule has 0 spiro atoms. The number of hydrogen-bond acceptors (Lipinski definition) is 5. The summed E-state index contributed by atoms with van der Waals surface area (Å²) in [5.74, 6) is 0.0113. The first-order valence-corrected chi connectivity index (χ1v) is 11.9. The minimum atomic E-state index is -0.986. The van der Waals surface area contributed by atoms with Gasteiger partial charge in [0.1, 0.15) is 18.2 Å². The molecule has 7 nitrogen and oxygen atoms in total. The van der Waals surface area contributed by atoms with Gasteiger partial charge in [0.15, 0.2) is 0 Å². The zero-order chi connectivity index (χ0) is 25.1. The van der Waals surface area contributed by atoms with Crippen LogP contribution in [0.5, 0.6) is 5.75 Å². The van der Waals surface area contributed by atoms with Gasteiger partial charge in [-0.2, -0.15) is 9.78 Å². The predicted molar refractivity (Wildman–Crippen MR) is 140 cm³/mol. The Morgan fingerprint density at radius 1 is 1.17 bits per heavy atom. The lowest BCUT2D eigenvalue weighted by atomic mass is 10.1. The van der Waals surface area contributed by atoms with Gasteiger partial charge in [0.2, 0.25) is 0 Å². The Balaban J connectivity index is 1.68. The minimum absolute atomic E-state index is 0.0447. The fraction of sp³-hybridized carbons (Fsp3) is 0.154. The van der Waals surface area contributed by atoms with E-state index in [4.69, 9.17) is 21.4 Å². The molecule has 1 aromatic heterocycles. The van der Waals surface area contributed by atoms with Crippen molar-refractivity contribution in [1.82, 2.24) is 9.66 Å². The van der Waals surface area contributed by atoms with Crippen molar-refractivity contribution in [2.75, 3.05) is 0 Å². The van der Waals surface area contributed by atoms with Gasteiger partial charge in [-0.15, -0.1) is 0 Å². The summed E-state index contributed by atoms with van der Waals surface area (Å²) in [6.07, 6.45) is 1.52. The van der Waals surface area contributed by atoms with Crippen LogP contribution in [-0.4, -0.2) is 27.0 Å². The van der Waals surface area contributed by atoms with Gasteiger partial charge in [-0.25, -0.2) is 9.78 Å². The zero-order valence-electron chi connectivity index (χ0n) is 18.9. The summed E-state index contributed by atoms with van der Waals surface area (Å²) in [4.78, 5) is 29.0. The van der Waals surface area contributed by atoms with Gasteiger partial charge in [-0.05, 0) is 54.1 Å². The molecule has 35 heavy (non-hydrogen) atoms. The lowest BCUT2D eigenvalue weighted by Gasteiger charge is -2.13. The average molecular weight is 555 g/mol. The van der Waals surface area contributed by atoms with Gasteiger partial charge in [0, 0.05) is 21.0 Å². The second kappa shape index (κ2) is 10.4. The van der Waals surface area contributed by atoms with Crippen LogP contribution in [0.1, 0.15) is 47.1 Å². The molecule has 0 atom stereocenters. The second-order valence-electron chi connectivity index (χ2n) is 8.12. The van der Waals surface area contributed by atoms with Gasteiger partial charge in [0.05, 0.1) is 22.7 Å². The summed E-state index contributed by atoms with van der Waals surface area (Å²) in [6, 6.07) is 16.9. The Morgan fingerprint density at radius 2 is 1.91 bits per heavy atom. The Labute approximate surface area is 214 Å². The van der Waals surface area contributed by atoms with E-state index in [1.54, 1.807) is 42.5 Å². The molecule has 1 N–H and O–H groups in total. The van der Waals surface area contributed by atoms with Crippen LogP contribution in [0.3, 0.4) is 0 Å². The number of aromatic carboxylic acids is 1. The molecule has 4 rings (SSSR count). The smallest absolute Gasteiger partial charge is 0.335 e. The van der Waals surface area contributed by atoms with Crippen molar-refractivity contribution in [3.8, 4) is 5.75 Å². The first kappa shape index (κ1) is 24.6. The third-order valence-electron chi connectivity index (χ3n) is 5.23. The average Bonchev–Trinajstić information content (AvgIpc) is 2.83. The van der Waals surface area contributed by atoms with Crippen molar-refractivity contribution in [1.29, 1.82) is 0 Å². The van der Waals surface area contributed by atoms with Crippen molar-refractivity contribution < 1.29 is 14.6 Å². The lowest BCUT2D eigenvalue weighted by molar-refractivity contribution is 0.0697.